The van der Waals surface area contributed by atoms with Gasteiger partial charge in [-0.2, -0.15) is 0 Å². The Morgan fingerprint density at radius 1 is 1.00 bits per heavy atom. The summed E-state index contributed by atoms with van der Waals surface area (Å²) in [6.45, 7) is 2.98. The maximum atomic E-state index is 5.74. The molecule has 0 atom stereocenters. The summed E-state index contributed by atoms with van der Waals surface area (Å²) in [6, 6.07) is 10.7. The zero-order valence-corrected chi connectivity index (χ0v) is 12.5. The van der Waals surface area contributed by atoms with Crippen molar-refractivity contribution in [3.05, 3.63) is 65.8 Å². The van der Waals surface area contributed by atoms with E-state index in [1.165, 1.54) is 11.1 Å². The van der Waals surface area contributed by atoms with Gasteiger partial charge in [0.25, 0.3) is 0 Å². The van der Waals surface area contributed by atoms with Crippen LogP contribution in [0, 0.1) is 6.42 Å². The lowest BCUT2D eigenvalue weighted by Crippen LogP contribution is -2.03. The first-order chi connectivity index (χ1) is 9.88. The average molecular weight is 269 g/mol. The molecule has 1 aliphatic heterocycles. The predicted octanol–water partition coefficient (Wildman–Crippen LogP) is 5.24. The van der Waals surface area contributed by atoms with E-state index >= 15 is 0 Å². The quantitative estimate of drug-likeness (QED) is 0.586. The van der Waals surface area contributed by atoms with Crippen molar-refractivity contribution in [3.8, 4) is 0 Å². The molecule has 0 aliphatic carbocycles. The Bertz CT molecular complexity index is 442. The molecule has 0 N–H and O–H groups in total. The Morgan fingerprint density at radius 2 is 1.80 bits per heavy atom. The molecule has 1 aliphatic rings. The first-order valence-electron chi connectivity index (χ1n) is 7.75. The lowest BCUT2D eigenvalue weighted by molar-refractivity contribution is 0.220. The summed E-state index contributed by atoms with van der Waals surface area (Å²) in [4.78, 5) is 0. The Balaban J connectivity index is 1.60. The summed E-state index contributed by atoms with van der Waals surface area (Å²) < 4.78 is 5.74. The number of ether oxygens (including phenoxy) is 1. The standard InChI is InChI=1S/C19H25O/c1-2-9-19-15-14-18(16-20-19)13-8-4-7-12-17-10-5-3-6-11-17/h3-6,10-11,14-15H,2,7-9,12-13,16H2,1H3. The zero-order chi connectivity index (χ0) is 14.0. The van der Waals surface area contributed by atoms with Gasteiger partial charge in [-0.1, -0.05) is 43.3 Å². The van der Waals surface area contributed by atoms with Gasteiger partial charge in [-0.25, -0.2) is 0 Å². The van der Waals surface area contributed by atoms with E-state index in [1.807, 2.05) is 0 Å². The van der Waals surface area contributed by atoms with Crippen molar-refractivity contribution in [2.24, 2.45) is 0 Å². The lowest BCUT2D eigenvalue weighted by Gasteiger charge is -2.16. The van der Waals surface area contributed by atoms with Crippen LogP contribution in [0.4, 0.5) is 0 Å². The van der Waals surface area contributed by atoms with Crippen LogP contribution in [0.2, 0.25) is 0 Å². The molecule has 0 aromatic heterocycles. The third-order valence-electron chi connectivity index (χ3n) is 3.59. The first-order valence-corrected chi connectivity index (χ1v) is 7.75. The highest BCUT2D eigenvalue weighted by atomic mass is 16.5. The Morgan fingerprint density at radius 3 is 2.50 bits per heavy atom. The molecular weight excluding hydrogens is 244 g/mol. The van der Waals surface area contributed by atoms with Gasteiger partial charge >= 0.3 is 0 Å². The second kappa shape index (κ2) is 8.63. The number of hydrogen-bond donors (Lipinski definition) is 0. The Hall–Kier alpha value is -1.50. The van der Waals surface area contributed by atoms with Crippen LogP contribution >= 0.6 is 0 Å². The number of hydrogen-bond acceptors (Lipinski definition) is 1. The van der Waals surface area contributed by atoms with E-state index < -0.39 is 0 Å². The predicted molar refractivity (Wildman–Crippen MR) is 85.3 cm³/mol. The van der Waals surface area contributed by atoms with E-state index in [1.54, 1.807) is 0 Å². The van der Waals surface area contributed by atoms with Crippen LogP contribution < -0.4 is 0 Å². The van der Waals surface area contributed by atoms with E-state index in [0.717, 1.165) is 50.9 Å². The van der Waals surface area contributed by atoms with Gasteiger partial charge in [-0.05, 0) is 55.7 Å². The molecule has 0 saturated heterocycles. The molecule has 1 heteroatoms. The highest BCUT2D eigenvalue weighted by Gasteiger charge is 2.06. The minimum atomic E-state index is 0.790. The number of allylic oxidation sites excluding steroid dienone is 3. The molecule has 107 valence electrons. The molecule has 1 aromatic carbocycles. The monoisotopic (exact) mass is 269 g/mol. The van der Waals surface area contributed by atoms with Gasteiger partial charge in [0, 0.05) is 6.42 Å². The van der Waals surface area contributed by atoms with E-state index in [0.29, 0.717) is 0 Å². The second-order valence-electron chi connectivity index (χ2n) is 5.35. The van der Waals surface area contributed by atoms with Gasteiger partial charge in [-0.3, -0.25) is 0 Å². The minimum Gasteiger partial charge on any atom is -0.494 e. The number of aryl methyl sites for hydroxylation is 1. The fourth-order valence-corrected chi connectivity index (χ4v) is 2.40. The first kappa shape index (κ1) is 14.9. The number of rotatable bonds is 8. The van der Waals surface area contributed by atoms with Gasteiger partial charge in [0.1, 0.15) is 6.61 Å². The van der Waals surface area contributed by atoms with Crippen LogP contribution in [-0.2, 0) is 11.2 Å². The molecule has 0 fully saturated rings. The molecule has 20 heavy (non-hydrogen) atoms. The van der Waals surface area contributed by atoms with Crippen molar-refractivity contribution in [1.29, 1.82) is 0 Å². The minimum absolute atomic E-state index is 0.790. The van der Waals surface area contributed by atoms with Crippen molar-refractivity contribution < 1.29 is 4.74 Å². The Kier molecular flexibility index (Phi) is 6.43. The summed E-state index contributed by atoms with van der Waals surface area (Å²) in [7, 11) is 0. The summed E-state index contributed by atoms with van der Waals surface area (Å²) in [5.41, 5.74) is 2.84. The van der Waals surface area contributed by atoms with Crippen LogP contribution in [0.25, 0.3) is 0 Å². The van der Waals surface area contributed by atoms with Crippen molar-refractivity contribution in [1.82, 2.24) is 0 Å². The van der Waals surface area contributed by atoms with Crippen molar-refractivity contribution >= 4 is 0 Å². The highest BCUT2D eigenvalue weighted by Crippen LogP contribution is 2.19. The molecule has 0 unspecified atom stereocenters. The van der Waals surface area contributed by atoms with Crippen LogP contribution in [0.5, 0.6) is 0 Å². The fourth-order valence-electron chi connectivity index (χ4n) is 2.40. The molecule has 1 nitrogen and oxygen atoms in total. The van der Waals surface area contributed by atoms with Crippen LogP contribution in [0.15, 0.2) is 53.8 Å². The molecule has 0 amide bonds. The molecular formula is C19H25O. The van der Waals surface area contributed by atoms with Crippen molar-refractivity contribution in [3.63, 3.8) is 0 Å². The largest absolute Gasteiger partial charge is 0.494 e. The van der Waals surface area contributed by atoms with Gasteiger partial charge < -0.3 is 4.74 Å². The van der Waals surface area contributed by atoms with Crippen LogP contribution in [0.3, 0.4) is 0 Å². The summed E-state index contributed by atoms with van der Waals surface area (Å²) in [5.74, 6) is 1.14. The molecule has 1 aromatic rings. The second-order valence-corrected chi connectivity index (χ2v) is 5.35. The Labute approximate surface area is 123 Å². The topological polar surface area (TPSA) is 9.23 Å². The van der Waals surface area contributed by atoms with Crippen LogP contribution in [0.1, 0.15) is 44.6 Å². The normalized spacial score (nSPS) is 14.4. The third-order valence-corrected chi connectivity index (χ3v) is 3.59. The van der Waals surface area contributed by atoms with Gasteiger partial charge in [0.15, 0.2) is 0 Å². The van der Waals surface area contributed by atoms with Gasteiger partial charge in [0.05, 0.1) is 5.76 Å². The van der Waals surface area contributed by atoms with Crippen LogP contribution in [-0.4, -0.2) is 6.61 Å². The molecule has 2 rings (SSSR count). The number of benzene rings is 1. The highest BCUT2D eigenvalue weighted by molar-refractivity contribution is 5.20. The fraction of sp³-hybridized carbons (Fsp3) is 0.421. The van der Waals surface area contributed by atoms with Crippen molar-refractivity contribution in [2.45, 2.75) is 45.4 Å². The van der Waals surface area contributed by atoms with E-state index in [4.69, 9.17) is 4.74 Å². The van der Waals surface area contributed by atoms with Gasteiger partial charge in [-0.15, -0.1) is 0 Å². The van der Waals surface area contributed by atoms with Gasteiger partial charge in [0.2, 0.25) is 0 Å². The summed E-state index contributed by atoms with van der Waals surface area (Å²) >= 11 is 0. The molecule has 1 heterocycles. The van der Waals surface area contributed by atoms with E-state index in [-0.39, 0.29) is 0 Å². The SMILES string of the molecule is CCCC1=CC=C(CC[CH]CCc2ccccc2)CO1. The summed E-state index contributed by atoms with van der Waals surface area (Å²) in [6.07, 6.45) is 13.6. The maximum Gasteiger partial charge on any atom is 0.109 e. The smallest absolute Gasteiger partial charge is 0.109 e. The average Bonchev–Trinajstić information content (AvgIpc) is 2.50. The molecule has 0 saturated carbocycles. The molecule has 0 spiro atoms. The third kappa shape index (κ3) is 5.24. The molecule has 0 bridgehead atoms. The van der Waals surface area contributed by atoms with E-state index in [9.17, 15) is 0 Å². The van der Waals surface area contributed by atoms with E-state index in [2.05, 4.69) is 55.8 Å². The zero-order valence-electron chi connectivity index (χ0n) is 12.5. The summed E-state index contributed by atoms with van der Waals surface area (Å²) in [5, 5.41) is 0. The van der Waals surface area contributed by atoms with Crippen molar-refractivity contribution in [2.75, 3.05) is 6.61 Å². The maximum absolute atomic E-state index is 5.74. The molecule has 1 radical (unpaired) electrons. The lowest BCUT2D eigenvalue weighted by atomic mass is 10.0. The number of unbranched alkanes of at least 4 members (excludes halogenated alkanes) is 2.